The van der Waals surface area contributed by atoms with Crippen molar-refractivity contribution in [2.75, 3.05) is 43.1 Å². The van der Waals surface area contributed by atoms with Gasteiger partial charge in [-0.1, -0.05) is 67.0 Å². The van der Waals surface area contributed by atoms with Gasteiger partial charge in [0.2, 0.25) is 0 Å². The van der Waals surface area contributed by atoms with Gasteiger partial charge in [-0.05, 0) is 67.6 Å². The number of hydrogen-bond donors (Lipinski definition) is 1. The summed E-state index contributed by atoms with van der Waals surface area (Å²) in [6.45, 7) is 24.4. The summed E-state index contributed by atoms with van der Waals surface area (Å²) >= 11 is 0. The van der Waals surface area contributed by atoms with Crippen LogP contribution in [0.25, 0.3) is 0 Å². The van der Waals surface area contributed by atoms with Crippen LogP contribution in [0.2, 0.25) is 0 Å². The Hall–Kier alpha value is -3.32. The van der Waals surface area contributed by atoms with Crippen LogP contribution < -0.4 is 15.1 Å². The van der Waals surface area contributed by atoms with Gasteiger partial charge in [0.25, 0.3) is 0 Å². The van der Waals surface area contributed by atoms with Crippen molar-refractivity contribution in [1.29, 1.82) is 0 Å². The quantitative estimate of drug-likeness (QED) is 0.327. The highest BCUT2D eigenvalue weighted by Gasteiger charge is 2.39. The van der Waals surface area contributed by atoms with Crippen molar-refractivity contribution in [3.63, 3.8) is 0 Å². The second-order valence-electron chi connectivity index (χ2n) is 12.1. The molecule has 0 spiro atoms. The normalized spacial score (nSPS) is 20.6. The summed E-state index contributed by atoms with van der Waals surface area (Å²) in [5.41, 5.74) is 4.76. The Morgan fingerprint density at radius 3 is 2.49 bits per heavy atom. The highest BCUT2D eigenvalue weighted by Crippen LogP contribution is 2.44. The van der Waals surface area contributed by atoms with E-state index in [2.05, 4.69) is 85.5 Å². The van der Waals surface area contributed by atoms with Gasteiger partial charge in [-0.2, -0.15) is 0 Å². The lowest BCUT2D eigenvalue weighted by Gasteiger charge is -2.44. The van der Waals surface area contributed by atoms with Crippen molar-refractivity contribution in [1.82, 2.24) is 15.2 Å². The van der Waals surface area contributed by atoms with Crippen molar-refractivity contribution in [3.05, 3.63) is 83.7 Å². The Morgan fingerprint density at radius 2 is 1.86 bits per heavy atom. The number of methoxy groups -OCH3 is 1. The van der Waals surface area contributed by atoms with Gasteiger partial charge in [0.1, 0.15) is 11.6 Å². The SMILES string of the molecule is C=C(CC1=CC(N2CCN(c3ccc4c(n3)C(C)(C)CN4c3ccc(C)c(F)c3)C(C)C2)NC=C1)OC.CC.CCCC. The maximum Gasteiger partial charge on any atom is 0.129 e. The zero-order valence-corrected chi connectivity index (χ0v) is 28.0. The molecule has 43 heavy (non-hydrogen) atoms. The second-order valence-corrected chi connectivity index (χ2v) is 12.1. The molecule has 0 bridgehead atoms. The molecule has 0 saturated carbocycles. The molecule has 1 fully saturated rings. The summed E-state index contributed by atoms with van der Waals surface area (Å²) in [5.74, 6) is 1.61. The van der Waals surface area contributed by atoms with Gasteiger partial charge in [0, 0.05) is 49.7 Å². The van der Waals surface area contributed by atoms with E-state index in [-0.39, 0.29) is 17.4 Å². The Labute approximate surface area is 260 Å². The van der Waals surface area contributed by atoms with Crippen LogP contribution in [-0.4, -0.2) is 55.4 Å². The van der Waals surface area contributed by atoms with Gasteiger partial charge in [-0.25, -0.2) is 9.37 Å². The first-order valence-electron chi connectivity index (χ1n) is 16.0. The Bertz CT molecular complexity index is 1280. The molecular weight excluding hydrogens is 537 g/mol. The molecular formula is C36H54FN5O. The van der Waals surface area contributed by atoms with E-state index in [0.717, 1.165) is 61.2 Å². The summed E-state index contributed by atoms with van der Waals surface area (Å²) in [6, 6.07) is 10.1. The molecule has 3 aliphatic rings. The lowest BCUT2D eigenvalue weighted by atomic mass is 9.91. The van der Waals surface area contributed by atoms with Crippen LogP contribution in [0.15, 0.2) is 66.6 Å². The maximum atomic E-state index is 14.3. The number of benzene rings is 1. The van der Waals surface area contributed by atoms with E-state index in [9.17, 15) is 4.39 Å². The van der Waals surface area contributed by atoms with Crippen molar-refractivity contribution in [2.45, 2.75) is 92.3 Å². The fourth-order valence-corrected chi connectivity index (χ4v) is 5.62. The van der Waals surface area contributed by atoms with E-state index in [4.69, 9.17) is 9.72 Å². The van der Waals surface area contributed by atoms with Gasteiger partial charge in [0.05, 0.1) is 30.4 Å². The summed E-state index contributed by atoms with van der Waals surface area (Å²) in [6.07, 6.45) is 9.90. The van der Waals surface area contributed by atoms with E-state index in [1.807, 2.05) is 32.2 Å². The molecule has 0 amide bonds. The molecule has 2 atom stereocenters. The average Bonchev–Trinajstić information content (AvgIpc) is 3.29. The number of pyridine rings is 1. The molecule has 7 heteroatoms. The van der Waals surface area contributed by atoms with Crippen molar-refractivity contribution in [2.24, 2.45) is 0 Å². The third-order valence-electron chi connectivity index (χ3n) is 8.28. The number of anilines is 3. The monoisotopic (exact) mass is 591 g/mol. The number of nitrogens with zero attached hydrogens (tertiary/aromatic N) is 4. The molecule has 1 saturated heterocycles. The van der Waals surface area contributed by atoms with Gasteiger partial charge in [0.15, 0.2) is 0 Å². The molecule has 1 aromatic heterocycles. The number of nitrogens with one attached hydrogen (secondary N) is 1. The van der Waals surface area contributed by atoms with Gasteiger partial charge < -0.3 is 19.9 Å². The number of aryl methyl sites for hydroxylation is 1. The number of dihydropyridines is 1. The number of allylic oxidation sites excluding steroid dienone is 2. The van der Waals surface area contributed by atoms with Gasteiger partial charge in [-0.15, -0.1) is 0 Å². The minimum Gasteiger partial charge on any atom is -0.501 e. The zero-order valence-electron chi connectivity index (χ0n) is 28.0. The first-order valence-corrected chi connectivity index (χ1v) is 16.0. The molecule has 0 radical (unpaired) electrons. The van der Waals surface area contributed by atoms with E-state index in [1.54, 1.807) is 20.1 Å². The average molecular weight is 592 g/mol. The number of unbranched alkanes of at least 4 members (excludes halogenated alkanes) is 1. The number of halogens is 1. The van der Waals surface area contributed by atoms with Crippen LogP contribution in [0.3, 0.4) is 0 Å². The molecule has 5 rings (SSSR count). The Morgan fingerprint density at radius 1 is 1.14 bits per heavy atom. The highest BCUT2D eigenvalue weighted by atomic mass is 19.1. The number of ether oxygens (including phenoxy) is 1. The minimum atomic E-state index is -0.173. The van der Waals surface area contributed by atoms with Crippen LogP contribution >= 0.6 is 0 Å². The zero-order chi connectivity index (χ0) is 31.7. The van der Waals surface area contributed by atoms with E-state index < -0.39 is 0 Å². The molecule has 3 aliphatic heterocycles. The molecule has 4 heterocycles. The number of piperazine rings is 1. The third kappa shape index (κ3) is 8.20. The van der Waals surface area contributed by atoms with Crippen LogP contribution in [0.4, 0.5) is 21.6 Å². The summed E-state index contributed by atoms with van der Waals surface area (Å²) in [4.78, 5) is 12.3. The van der Waals surface area contributed by atoms with Crippen LogP contribution in [-0.2, 0) is 10.2 Å². The van der Waals surface area contributed by atoms with Crippen LogP contribution in [0.1, 0.15) is 79.0 Å². The third-order valence-corrected chi connectivity index (χ3v) is 8.28. The molecule has 6 nitrogen and oxygen atoms in total. The fourth-order valence-electron chi connectivity index (χ4n) is 5.62. The Balaban J connectivity index is 0.000000780. The topological polar surface area (TPSA) is 43.9 Å². The van der Waals surface area contributed by atoms with Crippen molar-refractivity contribution < 1.29 is 9.13 Å². The summed E-state index contributed by atoms with van der Waals surface area (Å²) in [5, 5.41) is 3.49. The lowest BCUT2D eigenvalue weighted by molar-refractivity contribution is 0.176. The van der Waals surface area contributed by atoms with E-state index in [0.29, 0.717) is 11.6 Å². The maximum absolute atomic E-state index is 14.3. The minimum absolute atomic E-state index is 0.135. The number of hydrogen-bond acceptors (Lipinski definition) is 6. The number of rotatable bonds is 7. The largest absolute Gasteiger partial charge is 0.501 e. The van der Waals surface area contributed by atoms with E-state index in [1.165, 1.54) is 18.4 Å². The molecule has 236 valence electrons. The molecule has 1 N–H and O–H groups in total. The van der Waals surface area contributed by atoms with Crippen molar-refractivity contribution >= 4 is 17.2 Å². The standard InChI is InChI=1S/C30H38FN5O.C4H10.C2H6/c1-20-7-8-24(17-25(20)31)36-19-30(4,5)29-26(36)9-10-27(33-29)35-14-13-34(18-21(35)2)28-16-23(11-12-32-28)15-22(3)37-6;1-3-4-2;1-2/h7-12,16-17,21,28,32H,3,13-15,18-19H2,1-2,4-6H3;3-4H2,1-2H3;1-2H3. The Kier molecular flexibility index (Phi) is 12.3. The van der Waals surface area contributed by atoms with Gasteiger partial charge >= 0.3 is 0 Å². The predicted octanol–water partition coefficient (Wildman–Crippen LogP) is 8.22. The smallest absolute Gasteiger partial charge is 0.129 e. The second kappa shape index (κ2) is 15.4. The van der Waals surface area contributed by atoms with E-state index >= 15 is 0 Å². The first-order chi connectivity index (χ1) is 20.6. The van der Waals surface area contributed by atoms with Crippen LogP contribution in [0, 0.1) is 12.7 Å². The number of aromatic nitrogens is 1. The highest BCUT2D eigenvalue weighted by molar-refractivity contribution is 5.72. The van der Waals surface area contributed by atoms with Crippen LogP contribution in [0.5, 0.6) is 0 Å². The molecule has 1 aromatic carbocycles. The molecule has 2 unspecified atom stereocenters. The molecule has 0 aliphatic carbocycles. The lowest BCUT2D eigenvalue weighted by Crippen LogP contribution is -2.57. The van der Waals surface area contributed by atoms with Crippen molar-refractivity contribution in [3.8, 4) is 0 Å². The summed E-state index contributed by atoms with van der Waals surface area (Å²) in [7, 11) is 1.67. The molecule has 2 aromatic rings. The predicted molar refractivity (Wildman–Crippen MR) is 181 cm³/mol. The number of fused-ring (bicyclic) bond motifs is 1. The first kappa shape index (κ1) is 34.2. The summed E-state index contributed by atoms with van der Waals surface area (Å²) < 4.78 is 19.6. The van der Waals surface area contributed by atoms with Gasteiger partial charge in [-0.3, -0.25) is 4.90 Å². The fraction of sp³-hybridized carbons (Fsp3) is 0.528.